The van der Waals surface area contributed by atoms with Crippen molar-refractivity contribution in [3.05, 3.63) is 53.1 Å². The zero-order valence-electron chi connectivity index (χ0n) is 18.3. The lowest BCUT2D eigenvalue weighted by Crippen LogP contribution is -2.47. The van der Waals surface area contributed by atoms with E-state index in [0.717, 1.165) is 37.8 Å². The molecule has 0 saturated carbocycles. The van der Waals surface area contributed by atoms with E-state index in [-0.39, 0.29) is 42.1 Å². The Hall–Kier alpha value is -2.70. The molecule has 166 valence electrons. The number of nitrogens with zero attached hydrogens (tertiary/aromatic N) is 3. The first-order valence-electron chi connectivity index (χ1n) is 11.3. The van der Waals surface area contributed by atoms with Gasteiger partial charge in [-0.3, -0.25) is 14.7 Å². The summed E-state index contributed by atoms with van der Waals surface area (Å²) in [5.41, 5.74) is 2.26. The predicted molar refractivity (Wildman–Crippen MR) is 116 cm³/mol. The third-order valence-corrected chi connectivity index (χ3v) is 6.83. The number of halogens is 1. The summed E-state index contributed by atoms with van der Waals surface area (Å²) in [6, 6.07) is 6.68. The topological polar surface area (TPSA) is 69.3 Å². The van der Waals surface area contributed by atoms with Crippen molar-refractivity contribution >= 4 is 11.8 Å². The van der Waals surface area contributed by atoms with Crippen LogP contribution in [0.4, 0.5) is 4.39 Å². The molecule has 4 rings (SSSR count). The quantitative estimate of drug-likeness (QED) is 0.806. The molecule has 7 heteroatoms. The lowest BCUT2D eigenvalue weighted by atomic mass is 9.90. The van der Waals surface area contributed by atoms with Gasteiger partial charge >= 0.3 is 0 Å². The number of aromatic amines is 1. The van der Waals surface area contributed by atoms with Gasteiger partial charge in [0, 0.05) is 31.1 Å². The van der Waals surface area contributed by atoms with Crippen molar-refractivity contribution in [1.82, 2.24) is 20.0 Å². The highest BCUT2D eigenvalue weighted by atomic mass is 19.1. The lowest BCUT2D eigenvalue weighted by Gasteiger charge is -2.39. The van der Waals surface area contributed by atoms with Gasteiger partial charge in [-0.15, -0.1) is 0 Å². The van der Waals surface area contributed by atoms with E-state index in [1.165, 1.54) is 12.1 Å². The van der Waals surface area contributed by atoms with E-state index in [1.807, 2.05) is 9.80 Å². The average Bonchev–Trinajstić information content (AvgIpc) is 3.23. The highest BCUT2D eigenvalue weighted by Crippen LogP contribution is 2.32. The molecule has 31 heavy (non-hydrogen) atoms. The second-order valence-corrected chi connectivity index (χ2v) is 9.00. The number of amides is 2. The number of H-pyrrole nitrogens is 1. The summed E-state index contributed by atoms with van der Waals surface area (Å²) in [6.45, 7) is 5.50. The smallest absolute Gasteiger partial charge is 0.257 e. The number of benzene rings is 1. The van der Waals surface area contributed by atoms with E-state index in [1.54, 1.807) is 18.3 Å². The maximum atomic E-state index is 13.4. The number of carbonyl (C=O) groups excluding carboxylic acids is 2. The summed E-state index contributed by atoms with van der Waals surface area (Å²) in [6.07, 6.45) is 6.66. The number of carbonyl (C=O) groups is 2. The first-order chi connectivity index (χ1) is 14.9. The molecule has 0 radical (unpaired) electrons. The molecule has 0 aliphatic carbocycles. The molecule has 2 aliphatic heterocycles. The van der Waals surface area contributed by atoms with Gasteiger partial charge < -0.3 is 9.80 Å². The molecule has 0 spiro atoms. The lowest BCUT2D eigenvalue weighted by molar-refractivity contribution is -0.131. The molecular formula is C24H31FN4O2. The molecule has 2 atom stereocenters. The number of hydrogen-bond donors (Lipinski definition) is 1. The highest BCUT2D eigenvalue weighted by molar-refractivity contribution is 5.95. The van der Waals surface area contributed by atoms with E-state index in [4.69, 9.17) is 0 Å². The van der Waals surface area contributed by atoms with Crippen LogP contribution < -0.4 is 0 Å². The zero-order valence-corrected chi connectivity index (χ0v) is 18.3. The maximum absolute atomic E-state index is 13.4. The molecule has 2 fully saturated rings. The fourth-order valence-corrected chi connectivity index (χ4v) is 5.09. The SMILES string of the molecule is C[C@@H]1CCC[C@H](C)N1C(=O)c1cn[nH]c1C1CCN(C(=O)Cc2cccc(F)c2)CC1. The second-order valence-electron chi connectivity index (χ2n) is 9.00. The van der Waals surface area contributed by atoms with Gasteiger partial charge in [0.15, 0.2) is 0 Å². The van der Waals surface area contributed by atoms with Crippen LogP contribution in [0.5, 0.6) is 0 Å². The zero-order chi connectivity index (χ0) is 22.0. The third kappa shape index (κ3) is 4.65. The fourth-order valence-electron chi connectivity index (χ4n) is 5.09. The number of aromatic nitrogens is 2. The van der Waals surface area contributed by atoms with Crippen LogP contribution >= 0.6 is 0 Å². The third-order valence-electron chi connectivity index (χ3n) is 6.83. The van der Waals surface area contributed by atoms with Gasteiger partial charge in [0.05, 0.1) is 23.9 Å². The number of nitrogens with one attached hydrogen (secondary N) is 1. The summed E-state index contributed by atoms with van der Waals surface area (Å²) in [5, 5.41) is 7.27. The minimum absolute atomic E-state index is 0.0147. The molecule has 0 bridgehead atoms. The molecule has 2 aliphatic rings. The van der Waals surface area contributed by atoms with Crippen molar-refractivity contribution in [3.63, 3.8) is 0 Å². The van der Waals surface area contributed by atoms with E-state index in [2.05, 4.69) is 24.0 Å². The summed E-state index contributed by atoms with van der Waals surface area (Å²) >= 11 is 0. The highest BCUT2D eigenvalue weighted by Gasteiger charge is 2.34. The number of hydrogen-bond acceptors (Lipinski definition) is 3. The van der Waals surface area contributed by atoms with Crippen molar-refractivity contribution in [1.29, 1.82) is 0 Å². The minimum atomic E-state index is -0.321. The van der Waals surface area contributed by atoms with Crippen LogP contribution in [-0.2, 0) is 11.2 Å². The Bertz CT molecular complexity index is 925. The Kier molecular flexibility index (Phi) is 6.39. The fraction of sp³-hybridized carbons (Fsp3) is 0.542. The summed E-state index contributed by atoms with van der Waals surface area (Å²) in [7, 11) is 0. The number of piperidine rings is 2. The normalized spacial score (nSPS) is 22.5. The van der Waals surface area contributed by atoms with Crippen LogP contribution in [0, 0.1) is 5.82 Å². The standard InChI is InChI=1S/C24H31FN4O2/c1-16-5-3-6-17(2)29(16)24(31)21-15-26-27-23(21)19-9-11-28(12-10-19)22(30)14-18-7-4-8-20(25)13-18/h4,7-8,13,15-17,19H,3,5-6,9-12,14H2,1-2H3,(H,26,27)/t16-,17+. The molecule has 1 N–H and O–H groups in total. The number of likely N-dealkylation sites (tertiary alicyclic amines) is 2. The van der Waals surface area contributed by atoms with Gasteiger partial charge in [-0.2, -0.15) is 5.10 Å². The van der Waals surface area contributed by atoms with Crippen LogP contribution in [-0.4, -0.2) is 57.0 Å². The van der Waals surface area contributed by atoms with Gasteiger partial charge in [-0.1, -0.05) is 12.1 Å². The van der Waals surface area contributed by atoms with Crippen LogP contribution in [0.1, 0.15) is 73.5 Å². The molecule has 2 amide bonds. The summed E-state index contributed by atoms with van der Waals surface area (Å²) in [5.74, 6) is -0.0677. The molecule has 1 aromatic heterocycles. The van der Waals surface area contributed by atoms with Crippen molar-refractivity contribution < 1.29 is 14.0 Å². The van der Waals surface area contributed by atoms with Gasteiger partial charge in [-0.05, 0) is 63.6 Å². The van der Waals surface area contributed by atoms with Crippen molar-refractivity contribution in [2.45, 2.75) is 70.4 Å². The molecule has 2 aromatic rings. The largest absolute Gasteiger partial charge is 0.342 e. The van der Waals surface area contributed by atoms with E-state index >= 15 is 0 Å². The van der Waals surface area contributed by atoms with Crippen molar-refractivity contribution in [3.8, 4) is 0 Å². The molecule has 0 unspecified atom stereocenters. The molecule has 6 nitrogen and oxygen atoms in total. The Balaban J connectivity index is 1.39. The molecule has 1 aromatic carbocycles. The van der Waals surface area contributed by atoms with Gasteiger partial charge in [-0.25, -0.2) is 4.39 Å². The van der Waals surface area contributed by atoms with Crippen molar-refractivity contribution in [2.75, 3.05) is 13.1 Å². The Morgan fingerprint density at radius 1 is 1.13 bits per heavy atom. The Morgan fingerprint density at radius 3 is 2.52 bits per heavy atom. The van der Waals surface area contributed by atoms with Crippen LogP contribution in [0.15, 0.2) is 30.5 Å². The average molecular weight is 427 g/mol. The molecular weight excluding hydrogens is 395 g/mol. The second kappa shape index (κ2) is 9.20. The van der Waals surface area contributed by atoms with Crippen LogP contribution in [0.2, 0.25) is 0 Å². The van der Waals surface area contributed by atoms with E-state index in [9.17, 15) is 14.0 Å². The van der Waals surface area contributed by atoms with E-state index < -0.39 is 0 Å². The monoisotopic (exact) mass is 426 g/mol. The maximum Gasteiger partial charge on any atom is 0.257 e. The Morgan fingerprint density at radius 2 is 1.84 bits per heavy atom. The van der Waals surface area contributed by atoms with E-state index in [0.29, 0.717) is 24.2 Å². The summed E-state index contributed by atoms with van der Waals surface area (Å²) < 4.78 is 13.4. The summed E-state index contributed by atoms with van der Waals surface area (Å²) in [4.78, 5) is 29.8. The number of rotatable bonds is 4. The predicted octanol–water partition coefficient (Wildman–Crippen LogP) is 3.90. The minimum Gasteiger partial charge on any atom is -0.342 e. The van der Waals surface area contributed by atoms with Crippen molar-refractivity contribution in [2.24, 2.45) is 0 Å². The van der Waals surface area contributed by atoms with Crippen LogP contribution in [0.3, 0.4) is 0 Å². The first kappa shape index (κ1) is 21.5. The van der Waals surface area contributed by atoms with Gasteiger partial charge in [0.1, 0.15) is 5.82 Å². The molecule has 3 heterocycles. The van der Waals surface area contributed by atoms with Crippen LogP contribution in [0.25, 0.3) is 0 Å². The molecule has 2 saturated heterocycles. The van der Waals surface area contributed by atoms with Gasteiger partial charge in [0.25, 0.3) is 5.91 Å². The Labute approximate surface area is 182 Å². The van der Waals surface area contributed by atoms with Gasteiger partial charge in [0.2, 0.25) is 5.91 Å². The first-order valence-corrected chi connectivity index (χ1v) is 11.3.